The summed E-state index contributed by atoms with van der Waals surface area (Å²) in [5.74, 6) is -0.589. The maximum Gasteiger partial charge on any atom is 0.233 e. The minimum absolute atomic E-state index is 0.175. The fourth-order valence-corrected chi connectivity index (χ4v) is 2.62. The Morgan fingerprint density at radius 3 is 2.64 bits per heavy atom. The van der Waals surface area contributed by atoms with Crippen molar-refractivity contribution >= 4 is 29.1 Å². The van der Waals surface area contributed by atoms with Gasteiger partial charge in [0.05, 0.1) is 0 Å². The normalized spacial score (nSPS) is 14.8. The van der Waals surface area contributed by atoms with Crippen LogP contribution >= 0.6 is 11.6 Å². The molecule has 0 saturated carbocycles. The number of hydrogen-bond acceptors (Lipinski definition) is 3. The predicted molar refractivity (Wildman–Crippen MR) is 88.1 cm³/mol. The van der Waals surface area contributed by atoms with Crippen LogP contribution in [0.3, 0.4) is 0 Å². The van der Waals surface area contributed by atoms with E-state index >= 15 is 0 Å². The predicted octanol–water partition coefficient (Wildman–Crippen LogP) is 2.19. The maximum atomic E-state index is 11.8. The number of likely N-dealkylation sites (tertiary alicyclic amines) is 1. The molecule has 1 aliphatic heterocycles. The third-order valence-electron chi connectivity index (χ3n) is 3.73. The fraction of sp³-hybridized carbons (Fsp3) is 0.500. The fourth-order valence-electron chi connectivity index (χ4n) is 2.44. The minimum atomic E-state index is -0.335. The number of hydrogen-bond donors (Lipinski definition) is 2. The zero-order valence-corrected chi connectivity index (χ0v) is 13.6. The molecule has 1 heterocycles. The molecule has 0 unspecified atom stereocenters. The average Bonchev–Trinajstić information content (AvgIpc) is 2.96. The zero-order valence-electron chi connectivity index (χ0n) is 12.8. The Morgan fingerprint density at radius 2 is 1.95 bits per heavy atom. The number of halogens is 1. The summed E-state index contributed by atoms with van der Waals surface area (Å²) >= 11 is 6.00. The van der Waals surface area contributed by atoms with Crippen molar-refractivity contribution in [2.45, 2.75) is 26.2 Å². The van der Waals surface area contributed by atoms with Crippen LogP contribution in [0.25, 0.3) is 0 Å². The van der Waals surface area contributed by atoms with Gasteiger partial charge in [-0.2, -0.15) is 0 Å². The number of anilines is 1. The first-order chi connectivity index (χ1) is 10.5. The first kappa shape index (κ1) is 16.8. The van der Waals surface area contributed by atoms with Crippen molar-refractivity contribution < 1.29 is 9.59 Å². The first-order valence-electron chi connectivity index (χ1n) is 7.59. The molecule has 0 aliphatic carbocycles. The summed E-state index contributed by atoms with van der Waals surface area (Å²) < 4.78 is 0. The van der Waals surface area contributed by atoms with Gasteiger partial charge in [-0.1, -0.05) is 17.7 Å². The quantitative estimate of drug-likeness (QED) is 0.789. The van der Waals surface area contributed by atoms with Gasteiger partial charge < -0.3 is 15.5 Å². The van der Waals surface area contributed by atoms with Crippen LogP contribution in [0.1, 0.15) is 24.8 Å². The molecule has 2 amide bonds. The standard InChI is InChI=1S/C16H22ClN3O2/c1-12-4-5-13(10-14(12)17)19-16(22)11-15(21)18-6-9-20-7-2-3-8-20/h4-5,10H,2-3,6-9,11H2,1H3,(H,18,21)(H,19,22). The van der Waals surface area contributed by atoms with Gasteiger partial charge in [0.1, 0.15) is 6.42 Å². The Morgan fingerprint density at radius 1 is 1.23 bits per heavy atom. The number of benzene rings is 1. The average molecular weight is 324 g/mol. The third kappa shape index (κ3) is 5.31. The molecule has 5 nitrogen and oxygen atoms in total. The lowest BCUT2D eigenvalue weighted by Crippen LogP contribution is -2.35. The van der Waals surface area contributed by atoms with Crippen LogP contribution < -0.4 is 10.6 Å². The summed E-state index contributed by atoms with van der Waals surface area (Å²) in [6.45, 7) is 5.53. The molecule has 0 spiro atoms. The lowest BCUT2D eigenvalue weighted by atomic mass is 10.2. The van der Waals surface area contributed by atoms with Crippen molar-refractivity contribution in [1.82, 2.24) is 10.2 Å². The molecule has 1 aromatic carbocycles. The monoisotopic (exact) mass is 323 g/mol. The molecule has 0 aromatic heterocycles. The Labute approximate surface area is 136 Å². The molecule has 0 radical (unpaired) electrons. The van der Waals surface area contributed by atoms with Crippen LogP contribution in [0.5, 0.6) is 0 Å². The van der Waals surface area contributed by atoms with E-state index < -0.39 is 0 Å². The number of carbonyl (C=O) groups is 2. The molecular weight excluding hydrogens is 302 g/mol. The number of aryl methyl sites for hydroxylation is 1. The first-order valence-corrected chi connectivity index (χ1v) is 7.97. The van der Waals surface area contributed by atoms with E-state index in [4.69, 9.17) is 11.6 Å². The molecule has 2 N–H and O–H groups in total. The van der Waals surface area contributed by atoms with Crippen LogP contribution in [-0.4, -0.2) is 42.9 Å². The van der Waals surface area contributed by atoms with Crippen molar-refractivity contribution in [1.29, 1.82) is 0 Å². The van der Waals surface area contributed by atoms with Crippen molar-refractivity contribution in [3.63, 3.8) is 0 Å². The Bertz CT molecular complexity index is 542. The van der Waals surface area contributed by atoms with E-state index in [-0.39, 0.29) is 18.2 Å². The van der Waals surface area contributed by atoms with Crippen LogP contribution in [0.2, 0.25) is 5.02 Å². The zero-order chi connectivity index (χ0) is 15.9. The highest BCUT2D eigenvalue weighted by atomic mass is 35.5. The molecule has 1 aromatic rings. The summed E-state index contributed by atoms with van der Waals surface area (Å²) in [5.41, 5.74) is 1.55. The van der Waals surface area contributed by atoms with Crippen LogP contribution in [-0.2, 0) is 9.59 Å². The number of rotatable bonds is 6. The molecule has 6 heteroatoms. The van der Waals surface area contributed by atoms with E-state index in [2.05, 4.69) is 15.5 Å². The summed E-state index contributed by atoms with van der Waals surface area (Å²) in [7, 11) is 0. The van der Waals surface area contributed by atoms with Gasteiger partial charge in [-0.15, -0.1) is 0 Å². The topological polar surface area (TPSA) is 61.4 Å². The molecule has 1 saturated heterocycles. The second-order valence-electron chi connectivity index (χ2n) is 5.59. The van der Waals surface area contributed by atoms with Gasteiger partial charge in [0.2, 0.25) is 11.8 Å². The third-order valence-corrected chi connectivity index (χ3v) is 4.13. The van der Waals surface area contributed by atoms with Gasteiger partial charge in [-0.3, -0.25) is 9.59 Å². The SMILES string of the molecule is Cc1ccc(NC(=O)CC(=O)NCCN2CCCC2)cc1Cl. The van der Waals surface area contributed by atoms with Crippen molar-refractivity contribution in [2.75, 3.05) is 31.5 Å². The smallest absolute Gasteiger partial charge is 0.233 e. The second-order valence-corrected chi connectivity index (χ2v) is 5.99. The summed E-state index contributed by atoms with van der Waals surface area (Å²) in [5, 5.41) is 6.05. The van der Waals surface area contributed by atoms with E-state index in [0.29, 0.717) is 17.3 Å². The highest BCUT2D eigenvalue weighted by Crippen LogP contribution is 2.19. The number of carbonyl (C=O) groups excluding carboxylic acids is 2. The van der Waals surface area contributed by atoms with E-state index in [0.717, 1.165) is 25.2 Å². The second kappa shape index (κ2) is 8.15. The lowest BCUT2D eigenvalue weighted by Gasteiger charge is -2.14. The number of nitrogens with one attached hydrogen (secondary N) is 2. The molecular formula is C16H22ClN3O2. The number of nitrogens with zero attached hydrogens (tertiary/aromatic N) is 1. The van der Waals surface area contributed by atoms with Crippen molar-refractivity contribution in [3.8, 4) is 0 Å². The summed E-state index contributed by atoms with van der Waals surface area (Å²) in [6.07, 6.45) is 2.29. The molecule has 0 atom stereocenters. The molecule has 1 aliphatic rings. The van der Waals surface area contributed by atoms with Crippen LogP contribution in [0, 0.1) is 6.92 Å². The maximum absolute atomic E-state index is 11.8. The molecule has 120 valence electrons. The molecule has 1 fully saturated rings. The van der Waals surface area contributed by atoms with E-state index in [9.17, 15) is 9.59 Å². The molecule has 0 bridgehead atoms. The van der Waals surface area contributed by atoms with Crippen LogP contribution in [0.4, 0.5) is 5.69 Å². The lowest BCUT2D eigenvalue weighted by molar-refractivity contribution is -0.126. The minimum Gasteiger partial charge on any atom is -0.354 e. The van der Waals surface area contributed by atoms with Gasteiger partial charge in [0, 0.05) is 23.8 Å². The van der Waals surface area contributed by atoms with E-state index in [1.807, 2.05) is 13.0 Å². The highest BCUT2D eigenvalue weighted by molar-refractivity contribution is 6.31. The van der Waals surface area contributed by atoms with Crippen LogP contribution in [0.15, 0.2) is 18.2 Å². The van der Waals surface area contributed by atoms with Gasteiger partial charge in [0.25, 0.3) is 0 Å². The van der Waals surface area contributed by atoms with E-state index in [1.54, 1.807) is 12.1 Å². The highest BCUT2D eigenvalue weighted by Gasteiger charge is 2.13. The van der Waals surface area contributed by atoms with Gasteiger partial charge in [-0.25, -0.2) is 0 Å². The van der Waals surface area contributed by atoms with Crippen molar-refractivity contribution in [2.24, 2.45) is 0 Å². The largest absolute Gasteiger partial charge is 0.354 e. The van der Waals surface area contributed by atoms with Gasteiger partial charge in [-0.05, 0) is 50.6 Å². The summed E-state index contributed by atoms with van der Waals surface area (Å²) in [4.78, 5) is 25.8. The van der Waals surface area contributed by atoms with Gasteiger partial charge >= 0.3 is 0 Å². The molecule has 2 rings (SSSR count). The Hall–Kier alpha value is -1.59. The summed E-state index contributed by atoms with van der Waals surface area (Å²) in [6, 6.07) is 5.28. The Balaban J connectivity index is 1.69. The van der Waals surface area contributed by atoms with Gasteiger partial charge in [0.15, 0.2) is 0 Å². The van der Waals surface area contributed by atoms with E-state index in [1.165, 1.54) is 12.8 Å². The number of amides is 2. The Kier molecular flexibility index (Phi) is 6.21. The van der Waals surface area contributed by atoms with Crippen molar-refractivity contribution in [3.05, 3.63) is 28.8 Å². The molecule has 22 heavy (non-hydrogen) atoms.